The Balaban J connectivity index is 1.65. The summed E-state index contributed by atoms with van der Waals surface area (Å²) in [6, 6.07) is 9.21. The number of benzene rings is 1. The van der Waals surface area contributed by atoms with Gasteiger partial charge in [0.2, 0.25) is 0 Å². The Morgan fingerprint density at radius 3 is 2.57 bits per heavy atom. The number of carbonyl (C=O) groups excluding carboxylic acids is 2. The molecule has 0 saturated heterocycles. The fourth-order valence-corrected chi connectivity index (χ4v) is 3.05. The van der Waals surface area contributed by atoms with E-state index in [2.05, 4.69) is 21.8 Å². The van der Waals surface area contributed by atoms with E-state index in [0.717, 1.165) is 23.3 Å². The summed E-state index contributed by atoms with van der Waals surface area (Å²) in [5, 5.41) is 9.54. The number of ether oxygens (including phenoxy) is 1. The molecule has 158 valence electrons. The highest BCUT2D eigenvalue weighted by atomic mass is 16.5. The molecular weight excluding hydrogens is 384 g/mol. The monoisotopic (exact) mass is 410 g/mol. The zero-order chi connectivity index (χ0) is 21.7. The number of rotatable bonds is 8. The molecule has 30 heavy (non-hydrogen) atoms. The minimum atomic E-state index is -0.467. The standard InChI is InChI=1S/C22H26N4O4/c1-5-8-23-22(28)20-18(12-24-26(20)4)25-21(27)19-7-6-16(30-19)13-29-17-10-14(2)9-15(3)11-17/h6-7,9-12H,5,8,13H2,1-4H3,(H,23,28)(H,25,27). The molecular formula is C22H26N4O4. The van der Waals surface area contributed by atoms with E-state index in [0.29, 0.717) is 18.0 Å². The Morgan fingerprint density at radius 2 is 1.87 bits per heavy atom. The largest absolute Gasteiger partial charge is 0.486 e. The van der Waals surface area contributed by atoms with E-state index in [1.807, 2.05) is 32.9 Å². The second kappa shape index (κ2) is 9.30. The van der Waals surface area contributed by atoms with Crippen LogP contribution in [0.15, 0.2) is 40.9 Å². The number of hydrogen-bond donors (Lipinski definition) is 2. The molecule has 0 aliphatic heterocycles. The van der Waals surface area contributed by atoms with E-state index in [1.54, 1.807) is 19.2 Å². The second-order valence-corrected chi connectivity index (χ2v) is 7.12. The predicted octanol–water partition coefficient (Wildman–Crippen LogP) is 3.60. The Kier molecular flexibility index (Phi) is 6.56. The van der Waals surface area contributed by atoms with Crippen molar-refractivity contribution in [3.8, 4) is 5.75 Å². The maximum Gasteiger partial charge on any atom is 0.291 e. The van der Waals surface area contributed by atoms with Crippen molar-refractivity contribution >= 4 is 17.5 Å². The van der Waals surface area contributed by atoms with Gasteiger partial charge in [-0.3, -0.25) is 14.3 Å². The summed E-state index contributed by atoms with van der Waals surface area (Å²) in [5.74, 6) is 0.622. The topological polar surface area (TPSA) is 98.4 Å². The predicted molar refractivity (Wildman–Crippen MR) is 113 cm³/mol. The van der Waals surface area contributed by atoms with Crippen molar-refractivity contribution in [1.82, 2.24) is 15.1 Å². The number of carbonyl (C=O) groups is 2. The molecule has 2 heterocycles. The summed E-state index contributed by atoms with van der Waals surface area (Å²) < 4.78 is 12.8. The quantitative estimate of drug-likeness (QED) is 0.591. The van der Waals surface area contributed by atoms with Crippen molar-refractivity contribution in [1.29, 1.82) is 0 Å². The van der Waals surface area contributed by atoms with E-state index in [-0.39, 0.29) is 24.0 Å². The lowest BCUT2D eigenvalue weighted by Crippen LogP contribution is -2.27. The van der Waals surface area contributed by atoms with Crippen LogP contribution in [0.5, 0.6) is 5.75 Å². The first-order valence-electron chi connectivity index (χ1n) is 9.78. The van der Waals surface area contributed by atoms with Crippen LogP contribution in [0.1, 0.15) is 51.3 Å². The number of amides is 2. The van der Waals surface area contributed by atoms with Gasteiger partial charge in [0.15, 0.2) is 5.76 Å². The number of aryl methyl sites for hydroxylation is 3. The average molecular weight is 410 g/mol. The summed E-state index contributed by atoms with van der Waals surface area (Å²) in [7, 11) is 1.64. The van der Waals surface area contributed by atoms with Gasteiger partial charge in [-0.1, -0.05) is 13.0 Å². The average Bonchev–Trinajstić information content (AvgIpc) is 3.31. The summed E-state index contributed by atoms with van der Waals surface area (Å²) in [4.78, 5) is 24.9. The lowest BCUT2D eigenvalue weighted by Gasteiger charge is -2.08. The zero-order valence-electron chi connectivity index (χ0n) is 17.6. The smallest absolute Gasteiger partial charge is 0.291 e. The van der Waals surface area contributed by atoms with Crippen LogP contribution in [-0.2, 0) is 13.7 Å². The van der Waals surface area contributed by atoms with Gasteiger partial charge in [0.25, 0.3) is 11.8 Å². The molecule has 0 saturated carbocycles. The highest BCUT2D eigenvalue weighted by Gasteiger charge is 2.20. The van der Waals surface area contributed by atoms with Gasteiger partial charge in [-0.2, -0.15) is 5.10 Å². The first-order valence-corrected chi connectivity index (χ1v) is 9.78. The maximum absolute atomic E-state index is 12.6. The van der Waals surface area contributed by atoms with E-state index in [9.17, 15) is 9.59 Å². The molecule has 2 N–H and O–H groups in total. The van der Waals surface area contributed by atoms with E-state index >= 15 is 0 Å². The summed E-state index contributed by atoms with van der Waals surface area (Å²) in [5.41, 5.74) is 2.82. The van der Waals surface area contributed by atoms with Crippen LogP contribution in [0.4, 0.5) is 5.69 Å². The van der Waals surface area contributed by atoms with Crippen molar-refractivity contribution in [2.75, 3.05) is 11.9 Å². The zero-order valence-corrected chi connectivity index (χ0v) is 17.6. The van der Waals surface area contributed by atoms with Crippen LogP contribution in [-0.4, -0.2) is 28.1 Å². The van der Waals surface area contributed by atoms with Crippen LogP contribution in [0.2, 0.25) is 0 Å². The third-order valence-corrected chi connectivity index (χ3v) is 4.40. The molecule has 0 unspecified atom stereocenters. The molecule has 0 radical (unpaired) electrons. The second-order valence-electron chi connectivity index (χ2n) is 7.12. The Bertz CT molecular complexity index is 1030. The number of hydrogen-bond acceptors (Lipinski definition) is 5. The van der Waals surface area contributed by atoms with Crippen molar-refractivity contribution in [3.63, 3.8) is 0 Å². The van der Waals surface area contributed by atoms with Gasteiger partial charge < -0.3 is 19.8 Å². The molecule has 0 bridgehead atoms. The number of anilines is 1. The van der Waals surface area contributed by atoms with Crippen molar-refractivity contribution in [2.24, 2.45) is 7.05 Å². The van der Waals surface area contributed by atoms with Gasteiger partial charge in [-0.25, -0.2) is 0 Å². The van der Waals surface area contributed by atoms with Gasteiger partial charge >= 0.3 is 0 Å². The van der Waals surface area contributed by atoms with E-state index < -0.39 is 5.91 Å². The van der Waals surface area contributed by atoms with Crippen molar-refractivity contribution in [2.45, 2.75) is 33.8 Å². The molecule has 8 heteroatoms. The van der Waals surface area contributed by atoms with Crippen molar-refractivity contribution < 1.29 is 18.7 Å². The molecule has 0 atom stereocenters. The Hall–Kier alpha value is -3.55. The molecule has 2 amide bonds. The number of aromatic nitrogens is 2. The highest BCUT2D eigenvalue weighted by Crippen LogP contribution is 2.20. The first-order chi connectivity index (χ1) is 14.4. The fourth-order valence-electron chi connectivity index (χ4n) is 3.05. The molecule has 0 fully saturated rings. The molecule has 3 rings (SSSR count). The van der Waals surface area contributed by atoms with Crippen LogP contribution < -0.4 is 15.4 Å². The molecule has 8 nitrogen and oxygen atoms in total. The van der Waals surface area contributed by atoms with Gasteiger partial charge in [-0.05, 0) is 55.7 Å². The van der Waals surface area contributed by atoms with E-state index in [1.165, 1.54) is 10.9 Å². The summed E-state index contributed by atoms with van der Waals surface area (Å²) in [6.45, 7) is 6.71. The minimum Gasteiger partial charge on any atom is -0.486 e. The van der Waals surface area contributed by atoms with Gasteiger partial charge in [-0.15, -0.1) is 0 Å². The molecule has 0 aliphatic rings. The molecule has 1 aromatic carbocycles. The van der Waals surface area contributed by atoms with Crippen LogP contribution >= 0.6 is 0 Å². The molecule has 2 aromatic heterocycles. The number of nitrogens with one attached hydrogen (secondary N) is 2. The summed E-state index contributed by atoms with van der Waals surface area (Å²) in [6.07, 6.45) is 2.25. The SMILES string of the molecule is CCCNC(=O)c1c(NC(=O)c2ccc(COc3cc(C)cc(C)c3)o2)cnn1C. The lowest BCUT2D eigenvalue weighted by molar-refractivity contribution is 0.0945. The minimum absolute atomic E-state index is 0.123. The maximum atomic E-state index is 12.6. The third-order valence-electron chi connectivity index (χ3n) is 4.40. The molecule has 3 aromatic rings. The fraction of sp³-hybridized carbons (Fsp3) is 0.318. The van der Waals surface area contributed by atoms with Crippen LogP contribution in [0, 0.1) is 13.8 Å². The first kappa shape index (κ1) is 21.2. The van der Waals surface area contributed by atoms with Crippen LogP contribution in [0.25, 0.3) is 0 Å². The Labute approximate surface area is 175 Å². The van der Waals surface area contributed by atoms with Gasteiger partial charge in [0.1, 0.15) is 23.8 Å². The summed E-state index contributed by atoms with van der Waals surface area (Å²) >= 11 is 0. The van der Waals surface area contributed by atoms with Crippen molar-refractivity contribution in [3.05, 3.63) is 64.9 Å². The van der Waals surface area contributed by atoms with Crippen LogP contribution in [0.3, 0.4) is 0 Å². The normalized spacial score (nSPS) is 10.7. The lowest BCUT2D eigenvalue weighted by atomic mass is 10.1. The molecule has 0 spiro atoms. The third kappa shape index (κ3) is 5.08. The highest BCUT2D eigenvalue weighted by molar-refractivity contribution is 6.07. The number of furan rings is 1. The van der Waals surface area contributed by atoms with E-state index in [4.69, 9.17) is 9.15 Å². The number of nitrogens with zero attached hydrogens (tertiary/aromatic N) is 2. The van der Waals surface area contributed by atoms with Gasteiger partial charge in [0, 0.05) is 13.6 Å². The Morgan fingerprint density at radius 1 is 1.13 bits per heavy atom. The molecule has 0 aliphatic carbocycles. The van der Waals surface area contributed by atoms with Gasteiger partial charge in [0.05, 0.1) is 11.9 Å².